The van der Waals surface area contributed by atoms with E-state index in [0.717, 1.165) is 24.1 Å². The van der Waals surface area contributed by atoms with Gasteiger partial charge in [-0.1, -0.05) is 30.6 Å². The summed E-state index contributed by atoms with van der Waals surface area (Å²) in [5.74, 6) is 3.23. The third-order valence-electron chi connectivity index (χ3n) is 3.79. The van der Waals surface area contributed by atoms with Crippen molar-refractivity contribution in [3.05, 3.63) is 41.0 Å². The Morgan fingerprint density at radius 3 is 2.64 bits per heavy atom. The molecule has 0 aliphatic heterocycles. The molecule has 0 bridgehead atoms. The Kier molecular flexibility index (Phi) is 11.2. The zero-order valence-corrected chi connectivity index (χ0v) is 19.9. The summed E-state index contributed by atoms with van der Waals surface area (Å²) in [5.41, 5.74) is 0. The van der Waals surface area contributed by atoms with E-state index < -0.39 is 0 Å². The van der Waals surface area contributed by atoms with Crippen molar-refractivity contribution in [1.29, 1.82) is 0 Å². The molecule has 0 aliphatic rings. The molecule has 0 unspecified atom stereocenters. The lowest BCUT2D eigenvalue weighted by Crippen LogP contribution is -2.41. The number of rotatable bonds is 9. The molecule has 0 saturated heterocycles. The van der Waals surface area contributed by atoms with E-state index in [1.54, 1.807) is 0 Å². The highest BCUT2D eigenvalue weighted by atomic mass is 127. The van der Waals surface area contributed by atoms with E-state index in [9.17, 15) is 0 Å². The molecule has 0 fully saturated rings. The molecule has 156 valence electrons. The average molecular weight is 522 g/mol. The van der Waals surface area contributed by atoms with Crippen molar-refractivity contribution in [2.45, 2.75) is 33.1 Å². The molecular formula is C19H29ClIN5O2. The minimum atomic E-state index is 0. The summed E-state index contributed by atoms with van der Waals surface area (Å²) in [6.45, 7) is 8.73. The van der Waals surface area contributed by atoms with Crippen LogP contribution in [-0.4, -0.2) is 54.3 Å². The van der Waals surface area contributed by atoms with Gasteiger partial charge in [-0.2, -0.15) is 4.98 Å². The fourth-order valence-electron chi connectivity index (χ4n) is 2.27. The van der Waals surface area contributed by atoms with Crippen LogP contribution in [0.15, 0.2) is 33.8 Å². The van der Waals surface area contributed by atoms with Crippen LogP contribution in [0.2, 0.25) is 5.02 Å². The van der Waals surface area contributed by atoms with Crippen molar-refractivity contribution >= 4 is 41.5 Å². The first-order valence-electron chi connectivity index (χ1n) is 9.20. The number of aliphatic imine (C=N–C) groups is 1. The molecule has 28 heavy (non-hydrogen) atoms. The minimum Gasteiger partial charge on any atom is -0.492 e. The molecule has 1 N–H and O–H groups in total. The quantitative estimate of drug-likeness (QED) is 0.306. The summed E-state index contributed by atoms with van der Waals surface area (Å²) >= 11 is 5.88. The van der Waals surface area contributed by atoms with Gasteiger partial charge >= 0.3 is 0 Å². The number of guanidine groups is 1. The number of hydrogen-bond donors (Lipinski definition) is 1. The largest absolute Gasteiger partial charge is 0.492 e. The van der Waals surface area contributed by atoms with E-state index in [2.05, 4.69) is 20.4 Å². The van der Waals surface area contributed by atoms with Gasteiger partial charge in [-0.05, 0) is 31.2 Å². The number of halogens is 2. The lowest BCUT2D eigenvalue weighted by atomic mass is 10.2. The first kappa shape index (κ1) is 24.5. The summed E-state index contributed by atoms with van der Waals surface area (Å²) in [5, 5.41) is 7.96. The summed E-state index contributed by atoms with van der Waals surface area (Å²) < 4.78 is 11.0. The molecule has 2 aromatic rings. The number of aromatic nitrogens is 2. The summed E-state index contributed by atoms with van der Waals surface area (Å²) in [6, 6.07) is 7.34. The minimum absolute atomic E-state index is 0. The van der Waals surface area contributed by atoms with Gasteiger partial charge in [-0.3, -0.25) is 4.99 Å². The van der Waals surface area contributed by atoms with E-state index in [0.29, 0.717) is 37.0 Å². The molecule has 9 heteroatoms. The van der Waals surface area contributed by atoms with Gasteiger partial charge in [-0.15, -0.1) is 24.0 Å². The first-order valence-corrected chi connectivity index (χ1v) is 9.57. The monoisotopic (exact) mass is 521 g/mol. The Hall–Kier alpha value is -1.55. The zero-order valence-electron chi connectivity index (χ0n) is 16.8. The van der Waals surface area contributed by atoms with Gasteiger partial charge in [0.25, 0.3) is 0 Å². The third-order valence-corrected chi connectivity index (χ3v) is 4.04. The Morgan fingerprint density at radius 2 is 2.04 bits per heavy atom. The van der Waals surface area contributed by atoms with Crippen molar-refractivity contribution in [3.8, 4) is 5.75 Å². The molecule has 0 atom stereocenters. The predicted molar refractivity (Wildman–Crippen MR) is 123 cm³/mol. The van der Waals surface area contributed by atoms with Crippen LogP contribution in [-0.2, 0) is 6.42 Å². The number of ether oxygens (including phenoxy) is 1. The maximum absolute atomic E-state index is 5.88. The van der Waals surface area contributed by atoms with Crippen molar-refractivity contribution in [3.63, 3.8) is 0 Å². The molecular weight excluding hydrogens is 493 g/mol. The van der Waals surface area contributed by atoms with Crippen molar-refractivity contribution in [2.75, 3.05) is 33.3 Å². The molecule has 0 saturated carbocycles. The van der Waals surface area contributed by atoms with Crippen LogP contribution in [0.3, 0.4) is 0 Å². The lowest BCUT2D eigenvalue weighted by Gasteiger charge is -2.22. The summed E-state index contributed by atoms with van der Waals surface area (Å²) in [6.07, 6.45) is 0.615. The summed E-state index contributed by atoms with van der Waals surface area (Å²) in [4.78, 5) is 11.0. The van der Waals surface area contributed by atoms with Crippen molar-refractivity contribution < 1.29 is 9.26 Å². The van der Waals surface area contributed by atoms with Gasteiger partial charge in [-0.25, -0.2) is 0 Å². The maximum Gasteiger partial charge on any atom is 0.228 e. The molecule has 0 spiro atoms. The topological polar surface area (TPSA) is 75.8 Å². The molecule has 0 amide bonds. The van der Waals surface area contributed by atoms with Crippen molar-refractivity contribution in [2.24, 2.45) is 4.99 Å². The smallest absolute Gasteiger partial charge is 0.228 e. The maximum atomic E-state index is 5.88. The van der Waals surface area contributed by atoms with Crippen LogP contribution in [0.4, 0.5) is 0 Å². The predicted octanol–water partition coefficient (Wildman–Crippen LogP) is 3.98. The average Bonchev–Trinajstić information content (AvgIpc) is 3.12. The highest BCUT2D eigenvalue weighted by Crippen LogP contribution is 2.15. The molecule has 1 heterocycles. The zero-order chi connectivity index (χ0) is 19.6. The van der Waals surface area contributed by atoms with Crippen LogP contribution in [0.25, 0.3) is 0 Å². The Labute approximate surface area is 188 Å². The van der Waals surface area contributed by atoms with Gasteiger partial charge in [0.1, 0.15) is 12.4 Å². The highest BCUT2D eigenvalue weighted by Gasteiger charge is 2.10. The molecule has 1 aromatic carbocycles. The van der Waals surface area contributed by atoms with Crippen molar-refractivity contribution in [1.82, 2.24) is 20.4 Å². The second-order valence-electron chi connectivity index (χ2n) is 6.41. The second-order valence-corrected chi connectivity index (χ2v) is 6.85. The Balaban J connectivity index is 0.00000392. The van der Waals surface area contributed by atoms with Gasteiger partial charge in [0, 0.05) is 31.0 Å². The normalized spacial score (nSPS) is 11.3. The highest BCUT2D eigenvalue weighted by molar-refractivity contribution is 14.0. The third kappa shape index (κ3) is 8.22. The van der Waals surface area contributed by atoms with Crippen LogP contribution >= 0.6 is 35.6 Å². The SMILES string of the molecule is CCNC(=NCCc1nc(C(C)C)no1)N(C)CCOc1ccc(Cl)cc1.I. The number of nitrogens with one attached hydrogen (secondary N) is 1. The van der Waals surface area contributed by atoms with E-state index in [1.165, 1.54) is 0 Å². The number of benzene rings is 1. The fraction of sp³-hybridized carbons (Fsp3) is 0.526. The molecule has 7 nitrogen and oxygen atoms in total. The van der Waals surface area contributed by atoms with E-state index in [4.69, 9.17) is 20.9 Å². The van der Waals surface area contributed by atoms with E-state index in [1.807, 2.05) is 57.0 Å². The van der Waals surface area contributed by atoms with E-state index in [-0.39, 0.29) is 29.9 Å². The first-order chi connectivity index (χ1) is 13.0. The van der Waals surface area contributed by atoms with Gasteiger partial charge in [0.05, 0.1) is 13.1 Å². The Morgan fingerprint density at radius 1 is 1.32 bits per heavy atom. The standard InChI is InChI=1S/C19H28ClN5O2.HI/c1-5-21-19(22-11-10-17-23-18(14(2)3)24-27-17)25(4)12-13-26-16-8-6-15(20)7-9-16;/h6-9,14H,5,10-13H2,1-4H3,(H,21,22);1H. The van der Waals surface area contributed by atoms with Gasteiger partial charge in [0.2, 0.25) is 5.89 Å². The number of nitrogens with zero attached hydrogens (tertiary/aromatic N) is 4. The van der Waals surface area contributed by atoms with Crippen LogP contribution in [0.1, 0.15) is 38.4 Å². The molecule has 2 rings (SSSR count). The number of hydrogen-bond acceptors (Lipinski definition) is 5. The number of likely N-dealkylation sites (N-methyl/N-ethyl adjacent to an activating group) is 1. The van der Waals surface area contributed by atoms with E-state index >= 15 is 0 Å². The van der Waals surface area contributed by atoms with Crippen LogP contribution in [0.5, 0.6) is 5.75 Å². The van der Waals surface area contributed by atoms with Crippen LogP contribution in [0, 0.1) is 0 Å². The lowest BCUT2D eigenvalue weighted by molar-refractivity contribution is 0.281. The second kappa shape index (κ2) is 12.8. The molecule has 0 aliphatic carbocycles. The van der Waals surface area contributed by atoms with Crippen LogP contribution < -0.4 is 10.1 Å². The fourth-order valence-corrected chi connectivity index (χ4v) is 2.39. The molecule has 0 radical (unpaired) electrons. The van der Waals surface area contributed by atoms with Gasteiger partial charge < -0.3 is 19.5 Å². The Bertz CT molecular complexity index is 721. The summed E-state index contributed by atoms with van der Waals surface area (Å²) in [7, 11) is 1.98. The van der Waals surface area contributed by atoms with Gasteiger partial charge in [0.15, 0.2) is 11.8 Å². The molecule has 1 aromatic heterocycles.